The second-order valence-electron chi connectivity index (χ2n) is 1.63. The predicted molar refractivity (Wildman–Crippen MR) is 33.2 cm³/mol. The summed E-state index contributed by atoms with van der Waals surface area (Å²) in [6.07, 6.45) is -0.492. The fraction of sp³-hybridized carbons (Fsp3) is 0.800. The summed E-state index contributed by atoms with van der Waals surface area (Å²) in [4.78, 5) is 11.8. The first-order chi connectivity index (χ1) is 4.72. The van der Waals surface area contributed by atoms with Crippen molar-refractivity contribution in [3.8, 4) is 0 Å². The number of hydrogen-bond acceptors (Lipinski definition) is 4. The third-order valence-electron chi connectivity index (χ3n) is 0.863. The topological polar surface area (TPSA) is 59.0 Å². The molecule has 0 fully saturated rings. The van der Waals surface area contributed by atoms with E-state index in [9.17, 15) is 4.79 Å². The third-order valence-corrected chi connectivity index (χ3v) is 0.863. The van der Waals surface area contributed by atoms with Gasteiger partial charge in [0.05, 0.1) is 7.11 Å². The van der Waals surface area contributed by atoms with Gasteiger partial charge in [-0.1, -0.05) is 0 Å². The summed E-state index contributed by atoms with van der Waals surface area (Å²) >= 11 is 0. The van der Waals surface area contributed by atoms with Crippen molar-refractivity contribution in [3.05, 3.63) is 0 Å². The van der Waals surface area contributed by atoms with Crippen molar-refractivity contribution in [2.45, 2.75) is 0 Å². The van der Waals surface area contributed by atoms with Crippen LogP contribution in [0.5, 0.6) is 0 Å². The van der Waals surface area contributed by atoms with Gasteiger partial charge in [-0.2, -0.15) is 0 Å². The molecule has 0 saturated carbocycles. The lowest BCUT2D eigenvalue weighted by Gasteiger charge is -2.13. The number of aliphatic hydroxyl groups excluding tert-OH is 1. The number of rotatable bonds is 3. The SMILES string of the molecule is COC(=O)N(C)COCO. The van der Waals surface area contributed by atoms with Crippen molar-refractivity contribution in [2.24, 2.45) is 0 Å². The van der Waals surface area contributed by atoms with E-state index in [0.717, 1.165) is 0 Å². The fourth-order valence-electron chi connectivity index (χ4n) is 0.386. The van der Waals surface area contributed by atoms with Crippen LogP contribution in [0.3, 0.4) is 0 Å². The molecule has 0 saturated heterocycles. The summed E-state index contributed by atoms with van der Waals surface area (Å²) in [5, 5.41) is 8.17. The summed E-state index contributed by atoms with van der Waals surface area (Å²) in [7, 11) is 2.78. The summed E-state index contributed by atoms with van der Waals surface area (Å²) in [6, 6.07) is 0. The molecular formula is C5H11NO4. The van der Waals surface area contributed by atoms with E-state index in [4.69, 9.17) is 5.11 Å². The molecule has 0 atom stereocenters. The van der Waals surface area contributed by atoms with Crippen LogP contribution in [0.4, 0.5) is 4.79 Å². The molecule has 0 spiro atoms. The van der Waals surface area contributed by atoms with Crippen molar-refractivity contribution < 1.29 is 19.4 Å². The van der Waals surface area contributed by atoms with Crippen LogP contribution in [0.25, 0.3) is 0 Å². The lowest BCUT2D eigenvalue weighted by molar-refractivity contribution is -0.0428. The molecule has 0 bridgehead atoms. The van der Waals surface area contributed by atoms with E-state index >= 15 is 0 Å². The van der Waals surface area contributed by atoms with Crippen molar-refractivity contribution in [1.29, 1.82) is 0 Å². The standard InChI is InChI=1S/C5H11NO4/c1-6(3-10-4-7)5(8)9-2/h7H,3-4H2,1-2H3. The molecule has 0 aliphatic rings. The number of amides is 1. The molecule has 0 aromatic heterocycles. The van der Waals surface area contributed by atoms with Gasteiger partial charge in [0.1, 0.15) is 13.5 Å². The summed E-state index contributed by atoms with van der Waals surface area (Å²) in [6.45, 7) is -0.371. The molecule has 0 aliphatic heterocycles. The van der Waals surface area contributed by atoms with Gasteiger partial charge in [0, 0.05) is 7.05 Å². The van der Waals surface area contributed by atoms with E-state index in [0.29, 0.717) is 0 Å². The largest absolute Gasteiger partial charge is 0.453 e. The first kappa shape index (κ1) is 9.19. The van der Waals surface area contributed by atoms with Gasteiger partial charge in [-0.15, -0.1) is 0 Å². The van der Waals surface area contributed by atoms with E-state index in [1.165, 1.54) is 19.1 Å². The quantitative estimate of drug-likeness (QED) is 0.555. The average Bonchev–Trinajstić information content (AvgIpc) is 1.98. The molecule has 0 heterocycles. The Morgan fingerprint density at radius 2 is 2.30 bits per heavy atom. The first-order valence-corrected chi connectivity index (χ1v) is 2.70. The van der Waals surface area contributed by atoms with Crippen LogP contribution in [0.1, 0.15) is 0 Å². The third kappa shape index (κ3) is 3.26. The maximum absolute atomic E-state index is 10.6. The van der Waals surface area contributed by atoms with E-state index in [2.05, 4.69) is 9.47 Å². The summed E-state index contributed by atoms with van der Waals surface area (Å²) < 4.78 is 8.83. The molecule has 0 rings (SSSR count). The molecule has 5 heteroatoms. The zero-order valence-corrected chi connectivity index (χ0v) is 6.03. The molecule has 0 aromatic rings. The van der Waals surface area contributed by atoms with Crippen molar-refractivity contribution in [3.63, 3.8) is 0 Å². The summed E-state index contributed by atoms with van der Waals surface area (Å²) in [5.41, 5.74) is 0. The molecule has 10 heavy (non-hydrogen) atoms. The van der Waals surface area contributed by atoms with Crippen LogP contribution < -0.4 is 0 Å². The molecule has 0 unspecified atom stereocenters. The normalized spacial score (nSPS) is 9.10. The van der Waals surface area contributed by atoms with Crippen LogP contribution in [0.15, 0.2) is 0 Å². The van der Waals surface area contributed by atoms with Gasteiger partial charge in [0.15, 0.2) is 0 Å². The number of carbonyl (C=O) groups is 1. The Morgan fingerprint density at radius 3 is 2.70 bits per heavy atom. The number of methoxy groups -OCH3 is 1. The molecule has 0 radical (unpaired) electrons. The van der Waals surface area contributed by atoms with Gasteiger partial charge in [-0.25, -0.2) is 4.79 Å². The fourth-order valence-corrected chi connectivity index (χ4v) is 0.386. The molecule has 1 N–H and O–H groups in total. The van der Waals surface area contributed by atoms with Gasteiger partial charge in [0.25, 0.3) is 0 Å². The molecule has 60 valence electrons. The van der Waals surface area contributed by atoms with Crippen molar-refractivity contribution >= 4 is 6.09 Å². The second-order valence-corrected chi connectivity index (χ2v) is 1.63. The van der Waals surface area contributed by atoms with Gasteiger partial charge < -0.3 is 14.6 Å². The number of ether oxygens (including phenoxy) is 2. The highest BCUT2D eigenvalue weighted by Gasteiger charge is 2.05. The minimum atomic E-state index is -0.492. The Morgan fingerprint density at radius 1 is 1.70 bits per heavy atom. The lowest BCUT2D eigenvalue weighted by Crippen LogP contribution is -2.29. The van der Waals surface area contributed by atoms with E-state index < -0.39 is 12.9 Å². The maximum Gasteiger partial charge on any atom is 0.411 e. The highest BCUT2D eigenvalue weighted by molar-refractivity contribution is 5.66. The van der Waals surface area contributed by atoms with Crippen LogP contribution in [-0.4, -0.2) is 43.8 Å². The Hall–Kier alpha value is -0.810. The van der Waals surface area contributed by atoms with Crippen LogP contribution >= 0.6 is 0 Å². The maximum atomic E-state index is 10.6. The second kappa shape index (κ2) is 5.01. The minimum absolute atomic E-state index is 0.0309. The van der Waals surface area contributed by atoms with Gasteiger partial charge >= 0.3 is 6.09 Å². The van der Waals surface area contributed by atoms with E-state index in [1.807, 2.05) is 0 Å². The Labute approximate surface area is 59.1 Å². The minimum Gasteiger partial charge on any atom is -0.453 e. The number of aliphatic hydroxyl groups is 1. The molecule has 0 aliphatic carbocycles. The smallest absolute Gasteiger partial charge is 0.411 e. The molecular weight excluding hydrogens is 138 g/mol. The van der Waals surface area contributed by atoms with E-state index in [-0.39, 0.29) is 6.73 Å². The summed E-state index contributed by atoms with van der Waals surface area (Å²) in [5.74, 6) is 0. The van der Waals surface area contributed by atoms with Gasteiger partial charge in [-0.05, 0) is 0 Å². The molecule has 1 amide bonds. The Kier molecular flexibility index (Phi) is 4.61. The zero-order chi connectivity index (χ0) is 7.98. The van der Waals surface area contributed by atoms with Crippen molar-refractivity contribution in [2.75, 3.05) is 27.7 Å². The van der Waals surface area contributed by atoms with Crippen LogP contribution in [-0.2, 0) is 9.47 Å². The van der Waals surface area contributed by atoms with Crippen molar-refractivity contribution in [1.82, 2.24) is 4.90 Å². The molecule has 0 aromatic carbocycles. The van der Waals surface area contributed by atoms with Crippen LogP contribution in [0, 0.1) is 0 Å². The number of nitrogens with zero attached hydrogens (tertiary/aromatic N) is 1. The lowest BCUT2D eigenvalue weighted by atomic mass is 10.9. The Balaban J connectivity index is 3.41. The zero-order valence-electron chi connectivity index (χ0n) is 6.03. The van der Waals surface area contributed by atoms with Crippen LogP contribution in [0.2, 0.25) is 0 Å². The first-order valence-electron chi connectivity index (χ1n) is 2.70. The van der Waals surface area contributed by atoms with Gasteiger partial charge in [-0.3, -0.25) is 4.90 Å². The molecule has 5 nitrogen and oxygen atoms in total. The van der Waals surface area contributed by atoms with E-state index in [1.54, 1.807) is 0 Å². The Bertz CT molecular complexity index is 106. The number of carbonyl (C=O) groups excluding carboxylic acids is 1. The number of hydrogen-bond donors (Lipinski definition) is 1. The monoisotopic (exact) mass is 149 g/mol. The highest BCUT2D eigenvalue weighted by Crippen LogP contribution is 1.87. The predicted octanol–water partition coefficient (Wildman–Crippen LogP) is -0.392. The average molecular weight is 149 g/mol. The van der Waals surface area contributed by atoms with Gasteiger partial charge in [0.2, 0.25) is 0 Å². The highest BCUT2D eigenvalue weighted by atomic mass is 16.6.